The molecule has 136 valence electrons. The van der Waals surface area contributed by atoms with Crippen LogP contribution in [0.25, 0.3) is 10.2 Å². The summed E-state index contributed by atoms with van der Waals surface area (Å²) in [6.45, 7) is 5.15. The Bertz CT molecular complexity index is 1010. The number of fused-ring (bicyclic) bond motifs is 3. The Morgan fingerprint density at radius 1 is 1.46 bits per heavy atom. The van der Waals surface area contributed by atoms with E-state index in [-0.39, 0.29) is 11.6 Å². The minimum absolute atomic E-state index is 0.0139. The number of halogens is 1. The van der Waals surface area contributed by atoms with Crippen molar-refractivity contribution in [2.75, 3.05) is 0 Å². The summed E-state index contributed by atoms with van der Waals surface area (Å²) in [7, 11) is 0. The first kappa shape index (κ1) is 17.7. The lowest BCUT2D eigenvalue weighted by Gasteiger charge is -2.17. The minimum atomic E-state index is 0.0139. The van der Waals surface area contributed by atoms with Gasteiger partial charge in [0.15, 0.2) is 5.82 Å². The largest absolute Gasteiger partial charge is 0.334 e. The number of aryl methyl sites for hydroxylation is 1. The average Bonchev–Trinajstić information content (AvgIpc) is 2.97. The normalized spacial score (nSPS) is 18.0. The topological polar surface area (TPSA) is 62.4 Å². The van der Waals surface area contributed by atoms with Crippen molar-refractivity contribution in [1.29, 1.82) is 0 Å². The highest BCUT2D eigenvalue weighted by atomic mass is 35.5. The first-order valence-electron chi connectivity index (χ1n) is 9.13. The molecule has 0 saturated heterocycles. The molecule has 3 N–H and O–H groups in total. The van der Waals surface area contributed by atoms with Gasteiger partial charge < -0.3 is 10.3 Å². The predicted octanol–water partition coefficient (Wildman–Crippen LogP) is 3.59. The lowest BCUT2D eigenvalue weighted by molar-refractivity contribution is -0.709. The zero-order valence-corrected chi connectivity index (χ0v) is 16.6. The number of hydrogen-bond donors (Lipinski definition) is 2. The molecule has 2 heterocycles. The van der Waals surface area contributed by atoms with Crippen molar-refractivity contribution in [3.8, 4) is 0 Å². The van der Waals surface area contributed by atoms with E-state index in [2.05, 4.69) is 30.2 Å². The molecule has 0 aliphatic heterocycles. The van der Waals surface area contributed by atoms with Crippen LogP contribution in [-0.4, -0.2) is 9.97 Å². The minimum Gasteiger partial charge on any atom is -0.334 e. The molecule has 1 aromatic carbocycles. The number of benzene rings is 1. The standard InChI is InChI=1S/C20H22ClN3OS/c1-11-6-7-15-16(8-11)26-20-17(15)19(25)23-18(24-20)12(2)22-10-13-4-3-5-14(21)9-13/h3-5,9,11-12,22H,6-8,10H2,1-2H3,(H,23,24,25)/p+1/t11-,12+/m1/s1. The van der Waals surface area contributed by atoms with Crippen LogP contribution in [0.2, 0.25) is 5.02 Å². The van der Waals surface area contributed by atoms with E-state index in [4.69, 9.17) is 16.6 Å². The highest BCUT2D eigenvalue weighted by Crippen LogP contribution is 2.35. The summed E-state index contributed by atoms with van der Waals surface area (Å²) < 4.78 is 0. The van der Waals surface area contributed by atoms with Gasteiger partial charge in [-0.3, -0.25) is 4.79 Å². The van der Waals surface area contributed by atoms with Gasteiger partial charge in [0.25, 0.3) is 5.56 Å². The van der Waals surface area contributed by atoms with E-state index in [0.29, 0.717) is 5.92 Å². The molecule has 0 radical (unpaired) electrons. The van der Waals surface area contributed by atoms with Crippen molar-refractivity contribution >= 4 is 33.2 Å². The fourth-order valence-corrected chi connectivity index (χ4v) is 5.27. The molecule has 3 aromatic rings. The lowest BCUT2D eigenvalue weighted by Crippen LogP contribution is -2.83. The lowest BCUT2D eigenvalue weighted by atomic mass is 9.89. The fourth-order valence-electron chi connectivity index (χ4n) is 3.67. The number of nitrogens with zero attached hydrogens (tertiary/aromatic N) is 1. The average molecular weight is 389 g/mol. The van der Waals surface area contributed by atoms with Crippen LogP contribution < -0.4 is 10.9 Å². The number of rotatable bonds is 4. The Kier molecular flexibility index (Phi) is 4.86. The van der Waals surface area contributed by atoms with Crippen molar-refractivity contribution in [2.45, 2.75) is 45.7 Å². The molecular weight excluding hydrogens is 366 g/mol. The Labute approximate surface area is 161 Å². The van der Waals surface area contributed by atoms with Gasteiger partial charge in [0.2, 0.25) is 0 Å². The number of nitrogens with one attached hydrogen (secondary N) is 1. The summed E-state index contributed by atoms with van der Waals surface area (Å²) in [4.78, 5) is 22.8. The monoisotopic (exact) mass is 388 g/mol. The maximum Gasteiger partial charge on any atom is 0.260 e. The van der Waals surface area contributed by atoms with E-state index in [1.54, 1.807) is 11.3 Å². The van der Waals surface area contributed by atoms with Crippen molar-refractivity contribution < 1.29 is 5.32 Å². The Morgan fingerprint density at radius 3 is 3.12 bits per heavy atom. The predicted molar refractivity (Wildman–Crippen MR) is 107 cm³/mol. The van der Waals surface area contributed by atoms with Crippen molar-refractivity contribution in [3.05, 3.63) is 61.5 Å². The van der Waals surface area contributed by atoms with Gasteiger partial charge in [-0.1, -0.05) is 30.7 Å². The first-order valence-corrected chi connectivity index (χ1v) is 10.3. The number of aromatic amines is 1. The smallest absolute Gasteiger partial charge is 0.260 e. The highest BCUT2D eigenvalue weighted by Gasteiger charge is 2.24. The van der Waals surface area contributed by atoms with Crippen LogP contribution >= 0.6 is 22.9 Å². The van der Waals surface area contributed by atoms with Gasteiger partial charge in [-0.15, -0.1) is 11.3 Å². The van der Waals surface area contributed by atoms with Gasteiger partial charge in [0, 0.05) is 15.5 Å². The number of nitrogens with two attached hydrogens (primary N) is 1. The van der Waals surface area contributed by atoms with E-state index in [9.17, 15) is 4.79 Å². The van der Waals surface area contributed by atoms with E-state index < -0.39 is 0 Å². The first-order chi connectivity index (χ1) is 12.5. The molecule has 0 saturated carbocycles. The van der Waals surface area contributed by atoms with Crippen LogP contribution in [0.3, 0.4) is 0 Å². The van der Waals surface area contributed by atoms with Gasteiger partial charge in [-0.05, 0) is 49.8 Å². The second-order valence-electron chi connectivity index (χ2n) is 7.34. The number of aromatic nitrogens is 2. The van der Waals surface area contributed by atoms with Crippen LogP contribution in [-0.2, 0) is 19.4 Å². The van der Waals surface area contributed by atoms with Gasteiger partial charge in [0.05, 0.1) is 5.39 Å². The molecule has 2 atom stereocenters. The second-order valence-corrected chi connectivity index (χ2v) is 8.86. The number of quaternary nitrogens is 1. The van der Waals surface area contributed by atoms with Crippen LogP contribution in [0.1, 0.15) is 48.1 Å². The Hall–Kier alpha value is -1.69. The summed E-state index contributed by atoms with van der Waals surface area (Å²) in [5.74, 6) is 1.44. The van der Waals surface area contributed by atoms with Crippen LogP contribution in [0.15, 0.2) is 29.1 Å². The molecule has 0 spiro atoms. The van der Waals surface area contributed by atoms with Crippen molar-refractivity contribution in [1.82, 2.24) is 9.97 Å². The molecule has 1 aliphatic rings. The summed E-state index contributed by atoms with van der Waals surface area (Å²) in [6, 6.07) is 7.94. The van der Waals surface area contributed by atoms with E-state index in [1.165, 1.54) is 10.4 Å². The molecule has 2 aromatic heterocycles. The Balaban J connectivity index is 1.59. The number of thiophene rings is 1. The molecule has 26 heavy (non-hydrogen) atoms. The maximum atomic E-state index is 12.7. The Morgan fingerprint density at radius 2 is 2.31 bits per heavy atom. The molecule has 0 unspecified atom stereocenters. The van der Waals surface area contributed by atoms with Gasteiger partial charge >= 0.3 is 0 Å². The molecule has 0 bridgehead atoms. The zero-order chi connectivity index (χ0) is 18.3. The number of H-pyrrole nitrogens is 1. The second kappa shape index (κ2) is 7.14. The molecule has 1 aliphatic carbocycles. The third-order valence-electron chi connectivity index (χ3n) is 5.21. The fraction of sp³-hybridized carbons (Fsp3) is 0.400. The highest BCUT2D eigenvalue weighted by molar-refractivity contribution is 7.18. The van der Waals surface area contributed by atoms with Crippen molar-refractivity contribution in [2.24, 2.45) is 5.92 Å². The molecule has 0 fully saturated rings. The van der Waals surface area contributed by atoms with E-state index >= 15 is 0 Å². The van der Waals surface area contributed by atoms with Gasteiger partial charge in [0.1, 0.15) is 17.4 Å². The van der Waals surface area contributed by atoms with Crippen molar-refractivity contribution in [3.63, 3.8) is 0 Å². The van der Waals surface area contributed by atoms with E-state index in [0.717, 1.165) is 52.4 Å². The number of hydrogen-bond acceptors (Lipinski definition) is 3. The third kappa shape index (κ3) is 3.43. The quantitative estimate of drug-likeness (QED) is 0.717. The molecule has 4 rings (SSSR count). The summed E-state index contributed by atoms with van der Waals surface area (Å²) in [6.07, 6.45) is 3.22. The third-order valence-corrected chi connectivity index (χ3v) is 6.59. The van der Waals surface area contributed by atoms with E-state index in [1.807, 2.05) is 18.2 Å². The van der Waals surface area contributed by atoms with Crippen LogP contribution in [0.5, 0.6) is 0 Å². The molecule has 6 heteroatoms. The van der Waals surface area contributed by atoms with Gasteiger partial charge in [-0.25, -0.2) is 4.98 Å². The molecular formula is C20H23ClN3OS+. The summed E-state index contributed by atoms with van der Waals surface area (Å²) in [5.41, 5.74) is 2.41. The summed E-state index contributed by atoms with van der Waals surface area (Å²) >= 11 is 7.75. The maximum absolute atomic E-state index is 12.7. The molecule has 0 amide bonds. The van der Waals surface area contributed by atoms with Crippen LogP contribution in [0, 0.1) is 5.92 Å². The van der Waals surface area contributed by atoms with Gasteiger partial charge in [-0.2, -0.15) is 0 Å². The summed E-state index contributed by atoms with van der Waals surface area (Å²) in [5, 5.41) is 3.74. The zero-order valence-electron chi connectivity index (χ0n) is 15.0. The van der Waals surface area contributed by atoms with Crippen LogP contribution in [0.4, 0.5) is 0 Å². The SMILES string of the molecule is C[C@@H]1CCc2c(sc3nc([C@H](C)[NH2+]Cc4cccc(Cl)c4)[nH]c(=O)c23)C1. The molecule has 4 nitrogen and oxygen atoms in total.